The number of hydrogen-bond acceptors (Lipinski definition) is 4. The number of hydrogen-bond donors (Lipinski definition) is 1. The third kappa shape index (κ3) is 3.10. The number of methoxy groups -OCH3 is 1. The van der Waals surface area contributed by atoms with E-state index in [4.69, 9.17) is 4.74 Å². The zero-order valence-electron chi connectivity index (χ0n) is 11.4. The Balaban J connectivity index is 2.30. The van der Waals surface area contributed by atoms with Crippen molar-refractivity contribution in [1.29, 1.82) is 0 Å². The van der Waals surface area contributed by atoms with Gasteiger partial charge in [0, 0.05) is 18.2 Å². The van der Waals surface area contributed by atoms with Crippen LogP contribution in [0, 0.1) is 5.92 Å². The maximum absolute atomic E-state index is 11.6. The molecule has 0 aromatic heterocycles. The molecule has 1 aromatic rings. The second-order valence-electron chi connectivity index (χ2n) is 4.79. The highest BCUT2D eigenvalue weighted by Crippen LogP contribution is 2.31. The third-order valence-corrected chi connectivity index (χ3v) is 4.21. The lowest BCUT2D eigenvalue weighted by atomic mass is 9.93. The zero-order chi connectivity index (χ0) is 14.7. The van der Waals surface area contributed by atoms with E-state index in [2.05, 4.69) is 28.2 Å². The Bertz CT molecular complexity index is 580. The quantitative estimate of drug-likeness (QED) is 0.857. The van der Waals surface area contributed by atoms with Gasteiger partial charge in [-0.2, -0.15) is 0 Å². The second-order valence-corrected chi connectivity index (χ2v) is 5.58. The molecule has 1 unspecified atom stereocenters. The van der Waals surface area contributed by atoms with Crippen molar-refractivity contribution in [2.24, 2.45) is 5.92 Å². The number of allylic oxidation sites excluding steroid dienone is 2. The number of carbonyl (C=O) groups excluding carboxylic acids is 2. The van der Waals surface area contributed by atoms with Crippen molar-refractivity contribution >= 4 is 33.4 Å². The highest BCUT2D eigenvalue weighted by molar-refractivity contribution is 9.10. The summed E-state index contributed by atoms with van der Waals surface area (Å²) in [6, 6.07) is 5.31. The number of carbonyl (C=O) groups is 2. The molecule has 1 aromatic carbocycles. The first kappa shape index (κ1) is 14.8. The highest BCUT2D eigenvalue weighted by Gasteiger charge is 2.19. The molecular weight excluding hydrogens is 322 g/mol. The van der Waals surface area contributed by atoms with Crippen molar-refractivity contribution in [1.82, 2.24) is 0 Å². The topological polar surface area (TPSA) is 55.4 Å². The predicted octanol–water partition coefficient (Wildman–Crippen LogP) is 3.53. The molecule has 0 saturated carbocycles. The molecule has 0 amide bonds. The lowest BCUT2D eigenvalue weighted by Crippen LogP contribution is -2.17. The van der Waals surface area contributed by atoms with Crippen LogP contribution in [0.15, 0.2) is 34.4 Å². The number of anilines is 1. The van der Waals surface area contributed by atoms with Crippen molar-refractivity contribution in [2.45, 2.75) is 19.8 Å². The average molecular weight is 338 g/mol. The molecule has 0 aliphatic heterocycles. The number of rotatable bonds is 3. The summed E-state index contributed by atoms with van der Waals surface area (Å²) in [4.78, 5) is 23.2. The Morgan fingerprint density at radius 2 is 2.20 bits per heavy atom. The minimum absolute atomic E-state index is 0.130. The fourth-order valence-corrected chi connectivity index (χ4v) is 2.64. The summed E-state index contributed by atoms with van der Waals surface area (Å²) in [6.45, 7) is 2.07. The third-order valence-electron chi connectivity index (χ3n) is 3.35. The van der Waals surface area contributed by atoms with Gasteiger partial charge in [0.25, 0.3) is 0 Å². The number of benzene rings is 1. The molecule has 0 heterocycles. The van der Waals surface area contributed by atoms with Crippen molar-refractivity contribution in [3.8, 4) is 0 Å². The van der Waals surface area contributed by atoms with Gasteiger partial charge in [0.2, 0.25) is 0 Å². The first-order chi connectivity index (χ1) is 9.52. The van der Waals surface area contributed by atoms with Crippen LogP contribution in [-0.4, -0.2) is 18.9 Å². The van der Waals surface area contributed by atoms with E-state index >= 15 is 0 Å². The molecule has 1 atom stereocenters. The molecule has 1 aliphatic carbocycles. The van der Waals surface area contributed by atoms with Crippen LogP contribution < -0.4 is 5.32 Å². The molecule has 0 fully saturated rings. The van der Waals surface area contributed by atoms with Crippen molar-refractivity contribution in [3.05, 3.63) is 40.0 Å². The van der Waals surface area contributed by atoms with Crippen LogP contribution in [0.25, 0.3) is 0 Å². The van der Waals surface area contributed by atoms with Gasteiger partial charge in [-0.25, -0.2) is 4.79 Å². The molecule has 1 aliphatic rings. The number of nitrogens with one attached hydrogen (secondary N) is 1. The van der Waals surface area contributed by atoms with E-state index in [9.17, 15) is 9.59 Å². The van der Waals surface area contributed by atoms with E-state index in [1.807, 2.05) is 6.07 Å². The summed E-state index contributed by atoms with van der Waals surface area (Å²) in [6.07, 6.45) is 3.08. The molecule has 106 valence electrons. The van der Waals surface area contributed by atoms with Crippen molar-refractivity contribution < 1.29 is 14.3 Å². The summed E-state index contributed by atoms with van der Waals surface area (Å²) < 4.78 is 5.37. The smallest absolute Gasteiger partial charge is 0.339 e. The normalized spacial score (nSPS) is 18.4. The first-order valence-corrected chi connectivity index (χ1v) is 7.20. The molecule has 1 N–H and O–H groups in total. The molecule has 0 bridgehead atoms. The van der Waals surface area contributed by atoms with E-state index in [-0.39, 0.29) is 5.78 Å². The molecule has 4 nitrogen and oxygen atoms in total. The van der Waals surface area contributed by atoms with E-state index in [1.54, 1.807) is 18.2 Å². The fraction of sp³-hybridized carbons (Fsp3) is 0.333. The maximum atomic E-state index is 11.6. The van der Waals surface area contributed by atoms with Gasteiger partial charge in [0.05, 0.1) is 22.8 Å². The molecule has 0 spiro atoms. The van der Waals surface area contributed by atoms with E-state index in [1.165, 1.54) is 7.11 Å². The van der Waals surface area contributed by atoms with Crippen LogP contribution >= 0.6 is 15.9 Å². The molecule has 2 rings (SSSR count). The molecule has 0 radical (unpaired) electrons. The number of ketones is 1. The molecule has 0 saturated heterocycles. The monoisotopic (exact) mass is 337 g/mol. The maximum Gasteiger partial charge on any atom is 0.339 e. The van der Waals surface area contributed by atoms with Crippen LogP contribution in [0.2, 0.25) is 0 Å². The van der Waals surface area contributed by atoms with Gasteiger partial charge in [0.1, 0.15) is 0 Å². The van der Waals surface area contributed by atoms with Crippen LogP contribution in [0.5, 0.6) is 0 Å². The van der Waals surface area contributed by atoms with Crippen LogP contribution in [0.3, 0.4) is 0 Å². The van der Waals surface area contributed by atoms with Gasteiger partial charge >= 0.3 is 5.97 Å². The standard InChI is InChI=1S/C15H16BrNO3/c1-9-6-7-10(18)8-13(9)17-12-5-3-4-11(14(12)16)15(19)20-2/h3-5,8-9,17H,6-7H2,1-2H3. The van der Waals surface area contributed by atoms with Crippen LogP contribution in [0.4, 0.5) is 5.69 Å². The van der Waals surface area contributed by atoms with E-state index in [0.717, 1.165) is 17.8 Å². The minimum Gasteiger partial charge on any atom is -0.465 e. The average Bonchev–Trinajstić information content (AvgIpc) is 2.44. The molecule has 5 heteroatoms. The Labute approximate surface area is 126 Å². The first-order valence-electron chi connectivity index (χ1n) is 6.41. The Hall–Kier alpha value is -1.62. The summed E-state index contributed by atoms with van der Waals surface area (Å²) in [5.41, 5.74) is 2.08. The molecule has 20 heavy (non-hydrogen) atoms. The number of halogens is 1. The summed E-state index contributed by atoms with van der Waals surface area (Å²) in [7, 11) is 1.35. The van der Waals surface area contributed by atoms with Gasteiger partial charge in [0.15, 0.2) is 5.78 Å². The van der Waals surface area contributed by atoms with Crippen molar-refractivity contribution in [3.63, 3.8) is 0 Å². The van der Waals surface area contributed by atoms with Gasteiger partial charge in [-0.15, -0.1) is 0 Å². The van der Waals surface area contributed by atoms with Gasteiger partial charge in [-0.1, -0.05) is 13.0 Å². The number of ether oxygens (including phenoxy) is 1. The van der Waals surface area contributed by atoms with Gasteiger partial charge in [-0.05, 0) is 40.4 Å². The highest BCUT2D eigenvalue weighted by atomic mass is 79.9. The Morgan fingerprint density at radius 1 is 1.45 bits per heavy atom. The SMILES string of the molecule is COC(=O)c1cccc(NC2=CC(=O)CCC2C)c1Br. The second kappa shape index (κ2) is 6.22. The van der Waals surface area contributed by atoms with Crippen LogP contribution in [0.1, 0.15) is 30.1 Å². The zero-order valence-corrected chi connectivity index (χ0v) is 13.0. The predicted molar refractivity (Wildman–Crippen MR) is 80.6 cm³/mol. The summed E-state index contributed by atoms with van der Waals surface area (Å²) in [5.74, 6) is 0.0227. The number of esters is 1. The minimum atomic E-state index is -0.401. The molecular formula is C15H16BrNO3. The van der Waals surface area contributed by atoms with Gasteiger partial charge < -0.3 is 10.1 Å². The lowest BCUT2D eigenvalue weighted by Gasteiger charge is -2.22. The van der Waals surface area contributed by atoms with Crippen molar-refractivity contribution in [2.75, 3.05) is 12.4 Å². The van der Waals surface area contributed by atoms with E-state index < -0.39 is 5.97 Å². The fourth-order valence-electron chi connectivity index (χ4n) is 2.11. The van der Waals surface area contributed by atoms with Gasteiger partial charge in [-0.3, -0.25) is 4.79 Å². The summed E-state index contributed by atoms with van der Waals surface area (Å²) in [5, 5.41) is 3.23. The summed E-state index contributed by atoms with van der Waals surface area (Å²) >= 11 is 3.41. The Kier molecular flexibility index (Phi) is 4.60. The Morgan fingerprint density at radius 3 is 2.90 bits per heavy atom. The van der Waals surface area contributed by atoms with E-state index in [0.29, 0.717) is 22.4 Å². The lowest BCUT2D eigenvalue weighted by molar-refractivity contribution is -0.115. The van der Waals surface area contributed by atoms with Crippen LogP contribution in [-0.2, 0) is 9.53 Å². The largest absolute Gasteiger partial charge is 0.465 e.